The van der Waals surface area contributed by atoms with Gasteiger partial charge in [0.25, 0.3) is 16.7 Å². The maximum atomic E-state index is 13.0. The Bertz CT molecular complexity index is 1170. The second kappa shape index (κ2) is 9.56. The standard InChI is InChI=1S/C20H19FN4O5S/c1-11-14(17(27)24-19(29)23-11)6-7-16(26)22-8-9-25-18(28)15(31-20(25)30)10-12-2-4-13(21)5-3-12/h2-5,10H,6-9H2,1H3,(H,22,26)(H2,23,24,27,29)/b15-10-. The Morgan fingerprint density at radius 2 is 1.87 bits per heavy atom. The van der Waals surface area contributed by atoms with Gasteiger partial charge in [0.2, 0.25) is 5.91 Å². The van der Waals surface area contributed by atoms with Gasteiger partial charge >= 0.3 is 5.69 Å². The summed E-state index contributed by atoms with van der Waals surface area (Å²) in [5.74, 6) is -1.25. The highest BCUT2D eigenvalue weighted by Crippen LogP contribution is 2.31. The third kappa shape index (κ3) is 5.57. The van der Waals surface area contributed by atoms with E-state index in [2.05, 4.69) is 15.3 Å². The monoisotopic (exact) mass is 446 g/mol. The van der Waals surface area contributed by atoms with Crippen LogP contribution in [0.2, 0.25) is 0 Å². The molecular formula is C20H19FN4O5S. The number of H-pyrrole nitrogens is 2. The Hall–Kier alpha value is -3.47. The van der Waals surface area contributed by atoms with E-state index >= 15 is 0 Å². The molecule has 1 aromatic heterocycles. The highest BCUT2D eigenvalue weighted by molar-refractivity contribution is 8.18. The summed E-state index contributed by atoms with van der Waals surface area (Å²) < 4.78 is 13.0. The Kier molecular flexibility index (Phi) is 6.85. The normalized spacial score (nSPS) is 15.0. The first-order chi connectivity index (χ1) is 14.7. The minimum Gasteiger partial charge on any atom is -0.354 e. The number of aryl methyl sites for hydroxylation is 1. The molecule has 1 aliphatic heterocycles. The molecule has 1 saturated heterocycles. The lowest BCUT2D eigenvalue weighted by atomic mass is 10.1. The number of benzene rings is 1. The molecule has 1 fully saturated rings. The molecule has 31 heavy (non-hydrogen) atoms. The lowest BCUT2D eigenvalue weighted by molar-refractivity contribution is -0.124. The maximum Gasteiger partial charge on any atom is 0.325 e. The molecule has 11 heteroatoms. The first kappa shape index (κ1) is 22.2. The number of nitrogens with one attached hydrogen (secondary N) is 3. The van der Waals surface area contributed by atoms with Crippen LogP contribution in [0.15, 0.2) is 38.8 Å². The molecule has 1 aliphatic rings. The molecule has 3 N–H and O–H groups in total. The predicted octanol–water partition coefficient (Wildman–Crippen LogP) is 1.30. The molecule has 1 aromatic carbocycles. The summed E-state index contributed by atoms with van der Waals surface area (Å²) >= 11 is 0.776. The van der Waals surface area contributed by atoms with Gasteiger partial charge in [0.05, 0.1) is 4.91 Å². The fourth-order valence-corrected chi connectivity index (χ4v) is 3.83. The van der Waals surface area contributed by atoms with E-state index in [0.29, 0.717) is 16.8 Å². The van der Waals surface area contributed by atoms with Crippen molar-refractivity contribution in [3.63, 3.8) is 0 Å². The molecule has 0 saturated carbocycles. The van der Waals surface area contributed by atoms with Crippen molar-refractivity contribution in [2.24, 2.45) is 0 Å². The number of thioether (sulfide) groups is 1. The van der Waals surface area contributed by atoms with Crippen molar-refractivity contribution < 1.29 is 18.8 Å². The van der Waals surface area contributed by atoms with Crippen molar-refractivity contribution >= 4 is 34.9 Å². The molecule has 0 spiro atoms. The third-order valence-electron chi connectivity index (χ3n) is 4.56. The van der Waals surface area contributed by atoms with Gasteiger partial charge < -0.3 is 10.3 Å². The number of carbonyl (C=O) groups excluding carboxylic acids is 3. The summed E-state index contributed by atoms with van der Waals surface area (Å²) in [6.07, 6.45) is 1.64. The SMILES string of the molecule is Cc1[nH]c(=O)[nH]c(=O)c1CCC(=O)NCCN1C(=O)S/C(=C\c2ccc(F)cc2)C1=O. The van der Waals surface area contributed by atoms with Crippen LogP contribution >= 0.6 is 11.8 Å². The zero-order chi connectivity index (χ0) is 22.5. The number of aromatic nitrogens is 2. The smallest absolute Gasteiger partial charge is 0.325 e. The Morgan fingerprint density at radius 3 is 2.55 bits per heavy atom. The van der Waals surface area contributed by atoms with Gasteiger partial charge in [-0.2, -0.15) is 0 Å². The second-order valence-corrected chi connectivity index (χ2v) is 7.74. The number of amides is 3. The Labute approximate surface area is 179 Å². The van der Waals surface area contributed by atoms with Crippen LogP contribution in [0, 0.1) is 12.7 Å². The van der Waals surface area contributed by atoms with Gasteiger partial charge in [-0.05, 0) is 48.9 Å². The Morgan fingerprint density at radius 1 is 1.16 bits per heavy atom. The minimum absolute atomic E-state index is 0.00231. The summed E-state index contributed by atoms with van der Waals surface area (Å²) in [5.41, 5.74) is 0.146. The van der Waals surface area contributed by atoms with Crippen LogP contribution in [0.5, 0.6) is 0 Å². The Balaban J connectivity index is 1.51. The van der Waals surface area contributed by atoms with Crippen molar-refractivity contribution in [1.29, 1.82) is 0 Å². The molecule has 0 radical (unpaired) electrons. The number of imide groups is 1. The van der Waals surface area contributed by atoms with E-state index in [9.17, 15) is 28.4 Å². The van der Waals surface area contributed by atoms with E-state index < -0.39 is 28.2 Å². The number of nitrogens with zero attached hydrogens (tertiary/aromatic N) is 1. The van der Waals surface area contributed by atoms with Crippen LogP contribution in [0.4, 0.5) is 9.18 Å². The molecule has 0 unspecified atom stereocenters. The van der Waals surface area contributed by atoms with E-state index in [1.807, 2.05) is 0 Å². The highest BCUT2D eigenvalue weighted by Gasteiger charge is 2.34. The van der Waals surface area contributed by atoms with Crippen molar-refractivity contribution in [2.45, 2.75) is 19.8 Å². The van der Waals surface area contributed by atoms with E-state index in [4.69, 9.17) is 0 Å². The lowest BCUT2D eigenvalue weighted by Gasteiger charge is -2.13. The predicted molar refractivity (Wildman–Crippen MR) is 113 cm³/mol. The number of aromatic amines is 2. The van der Waals surface area contributed by atoms with Crippen LogP contribution in [0.3, 0.4) is 0 Å². The zero-order valence-corrected chi connectivity index (χ0v) is 17.3. The molecule has 0 bridgehead atoms. The molecule has 2 aromatic rings. The van der Waals surface area contributed by atoms with Crippen LogP contribution in [0.1, 0.15) is 23.2 Å². The summed E-state index contributed by atoms with van der Waals surface area (Å²) in [5, 5.41) is 2.15. The minimum atomic E-state index is -0.610. The number of carbonyl (C=O) groups is 3. The average Bonchev–Trinajstić information content (AvgIpc) is 2.96. The fourth-order valence-electron chi connectivity index (χ4n) is 2.96. The van der Waals surface area contributed by atoms with Crippen LogP contribution in [-0.2, 0) is 16.0 Å². The lowest BCUT2D eigenvalue weighted by Crippen LogP contribution is -2.37. The van der Waals surface area contributed by atoms with Gasteiger partial charge in [0, 0.05) is 30.8 Å². The van der Waals surface area contributed by atoms with Gasteiger partial charge in [-0.1, -0.05) is 12.1 Å². The topological polar surface area (TPSA) is 132 Å². The summed E-state index contributed by atoms with van der Waals surface area (Å²) in [6.45, 7) is 1.63. The van der Waals surface area contributed by atoms with E-state index in [0.717, 1.165) is 16.7 Å². The molecule has 9 nitrogen and oxygen atoms in total. The van der Waals surface area contributed by atoms with E-state index in [-0.39, 0.29) is 36.7 Å². The van der Waals surface area contributed by atoms with Crippen LogP contribution in [-0.4, -0.2) is 45.0 Å². The van der Waals surface area contributed by atoms with Gasteiger partial charge in [0.1, 0.15) is 5.82 Å². The van der Waals surface area contributed by atoms with Crippen molar-refractivity contribution in [2.75, 3.05) is 13.1 Å². The summed E-state index contributed by atoms with van der Waals surface area (Å²) in [6, 6.07) is 5.51. The number of halogens is 1. The van der Waals surface area contributed by atoms with Gasteiger partial charge in [-0.15, -0.1) is 0 Å². The first-order valence-corrected chi connectivity index (χ1v) is 10.2. The molecular weight excluding hydrogens is 427 g/mol. The number of rotatable bonds is 7. The van der Waals surface area contributed by atoms with E-state index in [1.165, 1.54) is 30.3 Å². The van der Waals surface area contributed by atoms with Crippen LogP contribution < -0.4 is 16.6 Å². The zero-order valence-electron chi connectivity index (χ0n) is 16.5. The summed E-state index contributed by atoms with van der Waals surface area (Å²) in [4.78, 5) is 65.4. The molecule has 162 valence electrons. The quantitative estimate of drug-likeness (QED) is 0.549. The number of hydrogen-bond donors (Lipinski definition) is 3. The molecule has 0 atom stereocenters. The molecule has 3 rings (SSSR count). The third-order valence-corrected chi connectivity index (χ3v) is 5.46. The highest BCUT2D eigenvalue weighted by atomic mass is 32.2. The van der Waals surface area contributed by atoms with E-state index in [1.54, 1.807) is 6.92 Å². The van der Waals surface area contributed by atoms with Crippen LogP contribution in [0.25, 0.3) is 6.08 Å². The summed E-state index contributed by atoms with van der Waals surface area (Å²) in [7, 11) is 0. The molecule has 0 aliphatic carbocycles. The van der Waals surface area contributed by atoms with Gasteiger partial charge in [-0.25, -0.2) is 9.18 Å². The van der Waals surface area contributed by atoms with Gasteiger partial charge in [0.15, 0.2) is 0 Å². The first-order valence-electron chi connectivity index (χ1n) is 9.34. The largest absolute Gasteiger partial charge is 0.354 e. The molecule has 2 heterocycles. The molecule has 3 amide bonds. The maximum absolute atomic E-state index is 13.0. The van der Waals surface area contributed by atoms with Crippen molar-refractivity contribution in [1.82, 2.24) is 20.2 Å². The van der Waals surface area contributed by atoms with Crippen molar-refractivity contribution in [3.05, 3.63) is 72.6 Å². The second-order valence-electron chi connectivity index (χ2n) is 6.75. The van der Waals surface area contributed by atoms with Crippen molar-refractivity contribution in [3.8, 4) is 0 Å². The average molecular weight is 446 g/mol. The van der Waals surface area contributed by atoms with Gasteiger partial charge in [-0.3, -0.25) is 29.1 Å². The number of hydrogen-bond acceptors (Lipinski definition) is 6. The fraction of sp³-hybridized carbons (Fsp3) is 0.250.